The molecule has 2 aliphatic rings. The third kappa shape index (κ3) is 4.63. The van der Waals surface area contributed by atoms with Crippen LogP contribution in [0.25, 0.3) is 66.1 Å². The zero-order valence-electron chi connectivity index (χ0n) is 33.9. The number of benzene rings is 9. The van der Waals surface area contributed by atoms with Gasteiger partial charge >= 0.3 is 0 Å². The summed E-state index contributed by atoms with van der Waals surface area (Å²) >= 11 is 0. The van der Waals surface area contributed by atoms with Gasteiger partial charge < -0.3 is 13.9 Å². The van der Waals surface area contributed by atoms with E-state index in [0.29, 0.717) is 0 Å². The number of ether oxygens (including phenoxy) is 1. The van der Waals surface area contributed by atoms with E-state index in [4.69, 9.17) is 4.74 Å². The fraction of sp³-hybridized carbons (Fsp3) is 0.0526. The molecule has 288 valence electrons. The van der Waals surface area contributed by atoms with Crippen LogP contribution in [-0.2, 0) is 5.41 Å². The van der Waals surface area contributed by atoms with Gasteiger partial charge in [0, 0.05) is 44.4 Å². The Balaban J connectivity index is 1.09. The van der Waals surface area contributed by atoms with Crippen molar-refractivity contribution in [2.24, 2.45) is 0 Å². The van der Waals surface area contributed by atoms with Crippen LogP contribution in [0.4, 0.5) is 0 Å². The number of rotatable bonds is 4. The van der Waals surface area contributed by atoms with Gasteiger partial charge in [-0.15, -0.1) is 0 Å². The van der Waals surface area contributed by atoms with Gasteiger partial charge in [-0.25, -0.2) is 0 Å². The molecule has 3 heterocycles. The first-order valence-electron chi connectivity index (χ1n) is 21.3. The van der Waals surface area contributed by atoms with Crippen LogP contribution in [0.15, 0.2) is 206 Å². The number of hydrogen-bond acceptors (Lipinski definition) is 1. The molecule has 0 fully saturated rings. The average molecular weight is 797 g/mol. The van der Waals surface area contributed by atoms with E-state index in [0.717, 1.165) is 22.9 Å². The first-order valence-corrected chi connectivity index (χ1v) is 23.3. The van der Waals surface area contributed by atoms with Crippen molar-refractivity contribution >= 4 is 72.4 Å². The van der Waals surface area contributed by atoms with Crippen molar-refractivity contribution in [2.75, 3.05) is 0 Å². The highest BCUT2D eigenvalue weighted by molar-refractivity contribution is 7.20. The lowest BCUT2D eigenvalue weighted by molar-refractivity contribution is 0.487. The Hall–Kier alpha value is -7.40. The second-order valence-electron chi connectivity index (χ2n) is 17.2. The third-order valence-corrected chi connectivity index (χ3v) is 18.7. The minimum atomic E-state index is -3.06. The minimum absolute atomic E-state index is 0.147. The van der Waals surface area contributed by atoms with Crippen LogP contribution in [-0.4, -0.2) is 17.2 Å². The molecule has 0 radical (unpaired) electrons. The molecular weight excluding hydrogens is 757 g/mol. The number of para-hydroxylation sites is 5. The van der Waals surface area contributed by atoms with E-state index in [-0.39, 0.29) is 5.41 Å². The van der Waals surface area contributed by atoms with E-state index in [2.05, 4.69) is 229 Å². The van der Waals surface area contributed by atoms with Crippen LogP contribution in [0.3, 0.4) is 0 Å². The molecule has 0 N–H and O–H groups in total. The normalized spacial score (nSPS) is 16.0. The fourth-order valence-corrected chi connectivity index (χ4v) is 16.1. The molecule has 0 spiro atoms. The van der Waals surface area contributed by atoms with E-state index < -0.39 is 8.07 Å². The molecular formula is C57H40N2OSi. The van der Waals surface area contributed by atoms with E-state index >= 15 is 0 Å². The summed E-state index contributed by atoms with van der Waals surface area (Å²) in [5, 5.41) is 10.2. The van der Waals surface area contributed by atoms with Crippen LogP contribution in [0.5, 0.6) is 11.5 Å². The molecule has 0 saturated carbocycles. The van der Waals surface area contributed by atoms with Gasteiger partial charge in [0.25, 0.3) is 0 Å². The summed E-state index contributed by atoms with van der Waals surface area (Å²) < 4.78 is 11.9. The molecule has 3 nitrogen and oxygen atoms in total. The Kier molecular flexibility index (Phi) is 7.09. The van der Waals surface area contributed by atoms with Crippen molar-refractivity contribution in [2.45, 2.75) is 19.3 Å². The minimum Gasteiger partial charge on any atom is -0.457 e. The maximum atomic E-state index is 7.12. The summed E-state index contributed by atoms with van der Waals surface area (Å²) in [6.45, 7) is 4.78. The Morgan fingerprint density at radius 3 is 1.49 bits per heavy atom. The third-order valence-electron chi connectivity index (χ3n) is 13.9. The van der Waals surface area contributed by atoms with Gasteiger partial charge in [0.15, 0.2) is 8.07 Å². The van der Waals surface area contributed by atoms with Crippen LogP contribution in [0.2, 0.25) is 0 Å². The van der Waals surface area contributed by atoms with Crippen LogP contribution >= 0.6 is 0 Å². The molecule has 61 heavy (non-hydrogen) atoms. The van der Waals surface area contributed by atoms with Gasteiger partial charge in [-0.3, -0.25) is 0 Å². The maximum absolute atomic E-state index is 7.12. The predicted molar refractivity (Wildman–Crippen MR) is 256 cm³/mol. The zero-order chi connectivity index (χ0) is 40.5. The van der Waals surface area contributed by atoms with Crippen LogP contribution < -0.4 is 25.5 Å². The highest BCUT2D eigenvalue weighted by Gasteiger charge is 2.49. The van der Waals surface area contributed by atoms with Crippen LogP contribution in [0, 0.1) is 0 Å². The molecule has 1 aliphatic carbocycles. The lowest BCUT2D eigenvalue weighted by Crippen LogP contribution is -2.76. The largest absolute Gasteiger partial charge is 0.457 e. The Morgan fingerprint density at radius 1 is 0.377 bits per heavy atom. The standard InChI is InChI=1S/C57H40N2OSi/c1-57(2)47-20-8-3-15-41(47)42-33-32-40(36-48(42)57)61(39-30-27-37(28-31-39)58-49-21-9-4-16-43(49)44-17-5-10-22-50(44)58)55-26-14-13-25-53(55)60-54-35-38(29-34-56(54)61)59-51-23-11-6-18-45(51)46-19-7-12-24-52(46)59/h3-36H,1-2H3. The zero-order valence-corrected chi connectivity index (χ0v) is 34.9. The summed E-state index contributed by atoms with van der Waals surface area (Å²) in [4.78, 5) is 0. The smallest absolute Gasteiger partial charge is 0.188 e. The van der Waals surface area contributed by atoms with Crippen molar-refractivity contribution in [3.63, 3.8) is 0 Å². The molecule has 0 saturated heterocycles. The average Bonchev–Trinajstić information content (AvgIpc) is 3.91. The number of nitrogens with zero attached hydrogens (tertiary/aromatic N) is 2. The van der Waals surface area contributed by atoms with Crippen molar-refractivity contribution in [3.05, 3.63) is 217 Å². The maximum Gasteiger partial charge on any atom is 0.188 e. The number of hydrogen-bond donors (Lipinski definition) is 0. The molecule has 1 unspecified atom stereocenters. The van der Waals surface area contributed by atoms with Crippen molar-refractivity contribution in [1.82, 2.24) is 9.13 Å². The summed E-state index contributed by atoms with van der Waals surface area (Å²) in [6, 6.07) is 76.7. The van der Waals surface area contributed by atoms with E-state index in [1.807, 2.05) is 0 Å². The topological polar surface area (TPSA) is 19.1 Å². The second-order valence-corrected chi connectivity index (χ2v) is 21.0. The second kappa shape index (κ2) is 12.6. The Morgan fingerprint density at radius 2 is 0.852 bits per heavy atom. The molecule has 11 aromatic rings. The Labute approximate surface area is 355 Å². The molecule has 4 heteroatoms. The molecule has 0 bridgehead atoms. The van der Waals surface area contributed by atoms with Gasteiger partial charge in [0.1, 0.15) is 11.5 Å². The van der Waals surface area contributed by atoms with Gasteiger partial charge in [-0.1, -0.05) is 166 Å². The van der Waals surface area contributed by atoms with E-state index in [1.165, 1.54) is 86.6 Å². The Bertz CT molecular complexity index is 3500. The first kappa shape index (κ1) is 34.5. The van der Waals surface area contributed by atoms with Crippen LogP contribution in [0.1, 0.15) is 25.0 Å². The molecule has 0 amide bonds. The predicted octanol–water partition coefficient (Wildman–Crippen LogP) is 11.7. The molecule has 1 atom stereocenters. The summed E-state index contributed by atoms with van der Waals surface area (Å²) in [5.41, 5.74) is 12.3. The first-order chi connectivity index (χ1) is 30.0. The number of fused-ring (bicyclic) bond motifs is 11. The van der Waals surface area contributed by atoms with Gasteiger partial charge in [-0.2, -0.15) is 0 Å². The molecule has 1 aliphatic heterocycles. The summed E-state index contributed by atoms with van der Waals surface area (Å²) in [6.07, 6.45) is 0. The number of aromatic nitrogens is 2. The SMILES string of the molecule is CC1(C)c2ccccc2-c2ccc([Si]3(c4ccc(-n5c6ccccc6c6ccccc65)cc4)c4ccccc4Oc4cc(-n5c6ccccc6c6ccccc65)ccc43)cc21. The van der Waals surface area contributed by atoms with Gasteiger partial charge in [-0.05, 0) is 91.5 Å². The van der Waals surface area contributed by atoms with Gasteiger partial charge in [0.05, 0.1) is 22.1 Å². The molecule has 9 aromatic carbocycles. The lowest BCUT2D eigenvalue weighted by atomic mass is 9.82. The van der Waals surface area contributed by atoms with Gasteiger partial charge in [0.2, 0.25) is 0 Å². The van der Waals surface area contributed by atoms with Crippen molar-refractivity contribution in [3.8, 4) is 34.0 Å². The van der Waals surface area contributed by atoms with Crippen molar-refractivity contribution < 1.29 is 4.74 Å². The quantitative estimate of drug-likeness (QED) is 0.162. The van der Waals surface area contributed by atoms with Crippen molar-refractivity contribution in [1.29, 1.82) is 0 Å². The molecule has 13 rings (SSSR count). The molecule has 2 aromatic heterocycles. The fourth-order valence-electron chi connectivity index (χ4n) is 11.2. The monoisotopic (exact) mass is 796 g/mol. The lowest BCUT2D eigenvalue weighted by Gasteiger charge is -2.40. The van der Waals surface area contributed by atoms with E-state index in [1.54, 1.807) is 0 Å². The summed E-state index contributed by atoms with van der Waals surface area (Å²) in [5.74, 6) is 1.84. The highest BCUT2D eigenvalue weighted by Crippen LogP contribution is 2.48. The summed E-state index contributed by atoms with van der Waals surface area (Å²) in [7, 11) is -3.06. The van der Waals surface area contributed by atoms with E-state index in [9.17, 15) is 0 Å². The highest BCUT2D eigenvalue weighted by atomic mass is 28.3.